The van der Waals surface area contributed by atoms with Crippen molar-refractivity contribution in [2.75, 3.05) is 25.9 Å². The molecule has 6 nitrogen and oxygen atoms in total. The summed E-state index contributed by atoms with van der Waals surface area (Å²) >= 11 is 0. The first kappa shape index (κ1) is 18.7. The molecule has 0 saturated carbocycles. The number of amides is 1. The highest BCUT2D eigenvalue weighted by atomic mass is 31.2. The summed E-state index contributed by atoms with van der Waals surface area (Å²) in [5.41, 5.74) is 0.926. The van der Waals surface area contributed by atoms with Gasteiger partial charge < -0.3 is 19.1 Å². The number of carbonyl (C=O) groups is 1. The Bertz CT molecular complexity index is 470. The fraction of sp³-hybridized carbons (Fsp3) is 0.533. The highest BCUT2D eigenvalue weighted by molar-refractivity contribution is 7.53. The van der Waals surface area contributed by atoms with E-state index >= 15 is 0 Å². The van der Waals surface area contributed by atoms with Crippen LogP contribution in [0.25, 0.3) is 0 Å². The molecule has 0 spiro atoms. The Morgan fingerprint density at radius 3 is 2.36 bits per heavy atom. The van der Waals surface area contributed by atoms with Crippen LogP contribution in [0.2, 0.25) is 0 Å². The molecular weight excluding hydrogens is 305 g/mol. The second kappa shape index (κ2) is 10.4. The Morgan fingerprint density at radius 2 is 1.77 bits per heavy atom. The summed E-state index contributed by atoms with van der Waals surface area (Å²) in [6.45, 7) is 4.80. The van der Waals surface area contributed by atoms with Crippen molar-refractivity contribution in [3.05, 3.63) is 35.9 Å². The van der Waals surface area contributed by atoms with Crippen molar-refractivity contribution in [3.63, 3.8) is 0 Å². The number of rotatable bonds is 10. The van der Waals surface area contributed by atoms with Gasteiger partial charge in [-0.1, -0.05) is 30.3 Å². The molecule has 0 fully saturated rings. The molecule has 0 aliphatic heterocycles. The van der Waals surface area contributed by atoms with Crippen LogP contribution in [0.4, 0.5) is 4.79 Å². The number of benzene rings is 1. The van der Waals surface area contributed by atoms with Crippen molar-refractivity contribution in [2.45, 2.75) is 26.9 Å². The molecule has 0 unspecified atom stereocenters. The minimum absolute atomic E-state index is 0.225. The van der Waals surface area contributed by atoms with Crippen molar-refractivity contribution >= 4 is 13.7 Å². The smallest absolute Gasteiger partial charge is 0.407 e. The molecule has 0 heterocycles. The van der Waals surface area contributed by atoms with Gasteiger partial charge in [0.1, 0.15) is 6.61 Å². The molecule has 22 heavy (non-hydrogen) atoms. The first-order valence-electron chi connectivity index (χ1n) is 7.42. The standard InChI is InChI=1S/C15H24NO5P/c1-3-20-22(18,21-4-2)12-8-11-16-15(17)19-13-14-9-6-5-7-10-14/h5-7,9-10H,3-4,8,11-13H2,1-2H3,(H,16,17). The molecule has 0 saturated heterocycles. The quantitative estimate of drug-likeness (QED) is 0.525. The molecule has 1 aromatic rings. The Morgan fingerprint density at radius 1 is 1.14 bits per heavy atom. The Labute approximate surface area is 131 Å². The summed E-state index contributed by atoms with van der Waals surface area (Å²) in [5, 5.41) is 2.62. The van der Waals surface area contributed by atoms with E-state index in [0.29, 0.717) is 26.2 Å². The Balaban J connectivity index is 2.20. The molecular formula is C15H24NO5P. The third-order valence-corrected chi connectivity index (χ3v) is 4.91. The van der Waals surface area contributed by atoms with E-state index in [9.17, 15) is 9.36 Å². The summed E-state index contributed by atoms with van der Waals surface area (Å²) in [6, 6.07) is 9.44. The molecule has 0 aliphatic carbocycles. The zero-order valence-corrected chi connectivity index (χ0v) is 14.0. The van der Waals surface area contributed by atoms with E-state index in [1.807, 2.05) is 30.3 Å². The molecule has 1 rings (SSSR count). The van der Waals surface area contributed by atoms with Gasteiger partial charge in [0.15, 0.2) is 0 Å². The maximum absolute atomic E-state index is 12.2. The first-order valence-corrected chi connectivity index (χ1v) is 9.15. The average Bonchev–Trinajstić information content (AvgIpc) is 2.51. The molecule has 7 heteroatoms. The molecule has 0 aromatic heterocycles. The average molecular weight is 329 g/mol. The third kappa shape index (κ3) is 7.59. The maximum Gasteiger partial charge on any atom is 0.407 e. The first-order chi connectivity index (χ1) is 10.6. The molecule has 0 radical (unpaired) electrons. The fourth-order valence-corrected chi connectivity index (χ4v) is 3.46. The topological polar surface area (TPSA) is 73.9 Å². The van der Waals surface area contributed by atoms with Crippen LogP contribution in [0.1, 0.15) is 25.8 Å². The highest BCUT2D eigenvalue weighted by Crippen LogP contribution is 2.48. The van der Waals surface area contributed by atoms with Gasteiger partial charge in [0.05, 0.1) is 19.4 Å². The van der Waals surface area contributed by atoms with Gasteiger partial charge in [-0.05, 0) is 25.8 Å². The van der Waals surface area contributed by atoms with E-state index in [2.05, 4.69) is 5.32 Å². The molecule has 1 aromatic carbocycles. The van der Waals surface area contributed by atoms with Gasteiger partial charge in [0.2, 0.25) is 0 Å². The summed E-state index contributed by atoms with van der Waals surface area (Å²) in [4.78, 5) is 11.5. The van der Waals surface area contributed by atoms with E-state index < -0.39 is 13.7 Å². The van der Waals surface area contributed by atoms with Crippen LogP contribution in [0, 0.1) is 0 Å². The highest BCUT2D eigenvalue weighted by Gasteiger charge is 2.22. The van der Waals surface area contributed by atoms with Crippen LogP contribution in [0.15, 0.2) is 30.3 Å². The lowest BCUT2D eigenvalue weighted by molar-refractivity contribution is 0.139. The van der Waals surface area contributed by atoms with Crippen LogP contribution in [0.3, 0.4) is 0 Å². The summed E-state index contributed by atoms with van der Waals surface area (Å²) in [6.07, 6.45) is 0.275. The largest absolute Gasteiger partial charge is 0.445 e. The van der Waals surface area contributed by atoms with Gasteiger partial charge in [-0.15, -0.1) is 0 Å². The van der Waals surface area contributed by atoms with Crippen LogP contribution in [-0.4, -0.2) is 32.0 Å². The third-order valence-electron chi connectivity index (χ3n) is 2.74. The molecule has 1 amide bonds. The second-order valence-electron chi connectivity index (χ2n) is 4.51. The van der Waals surface area contributed by atoms with Crippen LogP contribution in [-0.2, 0) is 25.0 Å². The molecule has 124 valence electrons. The number of carbonyl (C=O) groups excluding carboxylic acids is 1. The van der Waals surface area contributed by atoms with Crippen molar-refractivity contribution in [2.24, 2.45) is 0 Å². The van der Waals surface area contributed by atoms with Crippen LogP contribution in [0.5, 0.6) is 0 Å². The van der Waals surface area contributed by atoms with E-state index in [1.54, 1.807) is 13.8 Å². The zero-order chi connectivity index (χ0) is 16.3. The number of alkyl carbamates (subject to hydrolysis) is 1. The Kier molecular flexibility index (Phi) is 8.82. The van der Waals surface area contributed by atoms with Gasteiger partial charge in [-0.3, -0.25) is 4.57 Å². The summed E-state index contributed by atoms with van der Waals surface area (Å²) in [7, 11) is -3.03. The number of hydrogen-bond donors (Lipinski definition) is 1. The van der Waals surface area contributed by atoms with E-state index in [0.717, 1.165) is 5.56 Å². The van der Waals surface area contributed by atoms with Crippen molar-refractivity contribution < 1.29 is 23.1 Å². The molecule has 0 bridgehead atoms. The summed E-state index contributed by atoms with van der Waals surface area (Å²) in [5.74, 6) is 0. The minimum Gasteiger partial charge on any atom is -0.445 e. The van der Waals surface area contributed by atoms with Gasteiger partial charge >= 0.3 is 13.7 Å². The Hall–Kier alpha value is -1.36. The van der Waals surface area contributed by atoms with Crippen LogP contribution < -0.4 is 5.32 Å². The normalized spacial score (nSPS) is 11.2. The number of nitrogens with one attached hydrogen (secondary N) is 1. The number of ether oxygens (including phenoxy) is 1. The van der Waals surface area contributed by atoms with Gasteiger partial charge in [-0.25, -0.2) is 4.79 Å². The molecule has 0 atom stereocenters. The lowest BCUT2D eigenvalue weighted by Gasteiger charge is -2.16. The van der Waals surface area contributed by atoms with E-state index in [1.165, 1.54) is 0 Å². The summed E-state index contributed by atoms with van der Waals surface area (Å²) < 4.78 is 27.6. The molecule has 0 aliphatic rings. The zero-order valence-electron chi connectivity index (χ0n) is 13.1. The number of hydrogen-bond acceptors (Lipinski definition) is 5. The van der Waals surface area contributed by atoms with Gasteiger partial charge in [-0.2, -0.15) is 0 Å². The predicted molar refractivity (Wildman–Crippen MR) is 85.0 cm³/mol. The van der Waals surface area contributed by atoms with Gasteiger partial charge in [0, 0.05) is 6.54 Å². The van der Waals surface area contributed by atoms with Crippen molar-refractivity contribution in [3.8, 4) is 0 Å². The van der Waals surface area contributed by atoms with Crippen LogP contribution >= 0.6 is 7.60 Å². The maximum atomic E-state index is 12.2. The van der Waals surface area contributed by atoms with E-state index in [4.69, 9.17) is 13.8 Å². The predicted octanol–water partition coefficient (Wildman–Crippen LogP) is 3.57. The van der Waals surface area contributed by atoms with Gasteiger partial charge in [0.25, 0.3) is 0 Å². The monoisotopic (exact) mass is 329 g/mol. The van der Waals surface area contributed by atoms with E-state index in [-0.39, 0.29) is 12.8 Å². The minimum atomic E-state index is -3.03. The SMILES string of the molecule is CCOP(=O)(CCCNC(=O)OCc1ccccc1)OCC. The molecule has 1 N–H and O–H groups in total. The lowest BCUT2D eigenvalue weighted by atomic mass is 10.2. The fourth-order valence-electron chi connectivity index (χ4n) is 1.80. The van der Waals surface area contributed by atoms with Crippen molar-refractivity contribution in [1.82, 2.24) is 5.32 Å². The van der Waals surface area contributed by atoms with Crippen molar-refractivity contribution in [1.29, 1.82) is 0 Å². The lowest BCUT2D eigenvalue weighted by Crippen LogP contribution is -2.25. The second-order valence-corrected chi connectivity index (χ2v) is 6.70.